The summed E-state index contributed by atoms with van der Waals surface area (Å²) in [6.07, 6.45) is 1.24. The van der Waals surface area contributed by atoms with E-state index in [0.717, 1.165) is 28.4 Å². The highest BCUT2D eigenvalue weighted by molar-refractivity contribution is 8.01. The molecule has 0 fully saturated rings. The molecule has 2 rings (SSSR count). The van der Waals surface area contributed by atoms with E-state index >= 15 is 0 Å². The molecular formula is C15H19FN4O3S3. The van der Waals surface area contributed by atoms with Crippen molar-refractivity contribution in [1.82, 2.24) is 10.2 Å². The summed E-state index contributed by atoms with van der Waals surface area (Å²) in [6.45, 7) is 3.68. The number of nitrogens with one attached hydrogen (secondary N) is 1. The molecule has 1 N–H and O–H groups in total. The predicted octanol–water partition coefficient (Wildman–Crippen LogP) is 2.97. The highest BCUT2D eigenvalue weighted by Crippen LogP contribution is 2.27. The van der Waals surface area contributed by atoms with Gasteiger partial charge in [0.2, 0.25) is 21.1 Å². The largest absolute Gasteiger partial charge is 0.299 e. The number of anilines is 2. The molecule has 0 aliphatic rings. The number of thioether (sulfide) groups is 1. The molecule has 1 aromatic heterocycles. The van der Waals surface area contributed by atoms with Crippen molar-refractivity contribution in [2.45, 2.75) is 30.6 Å². The van der Waals surface area contributed by atoms with Crippen LogP contribution in [0, 0.1) is 5.82 Å². The van der Waals surface area contributed by atoms with Gasteiger partial charge in [0.1, 0.15) is 11.9 Å². The third-order valence-electron chi connectivity index (χ3n) is 3.32. The van der Waals surface area contributed by atoms with Gasteiger partial charge in [0.15, 0.2) is 4.34 Å². The molecule has 0 aliphatic heterocycles. The predicted molar refractivity (Wildman–Crippen MR) is 103 cm³/mol. The molecule has 1 atom stereocenters. The lowest BCUT2D eigenvalue weighted by atomic mass is 10.2. The van der Waals surface area contributed by atoms with Crippen molar-refractivity contribution < 1.29 is 17.6 Å². The first kappa shape index (κ1) is 20.6. The fourth-order valence-electron chi connectivity index (χ4n) is 2.28. The Labute approximate surface area is 160 Å². The summed E-state index contributed by atoms with van der Waals surface area (Å²) in [6, 6.07) is 3.95. The van der Waals surface area contributed by atoms with E-state index in [1.165, 1.54) is 35.2 Å². The molecule has 26 heavy (non-hydrogen) atoms. The Morgan fingerprint density at radius 1 is 1.31 bits per heavy atom. The van der Waals surface area contributed by atoms with Gasteiger partial charge in [-0.15, -0.1) is 10.2 Å². The van der Waals surface area contributed by atoms with Crippen molar-refractivity contribution in [3.05, 3.63) is 30.1 Å². The van der Waals surface area contributed by atoms with Crippen LogP contribution in [0.25, 0.3) is 0 Å². The maximum Gasteiger partial charge on any atom is 0.250 e. The fraction of sp³-hybridized carbons (Fsp3) is 0.400. The second-order valence-electron chi connectivity index (χ2n) is 5.25. The van der Waals surface area contributed by atoms with Crippen molar-refractivity contribution in [2.75, 3.05) is 21.6 Å². The third kappa shape index (κ3) is 5.15. The van der Waals surface area contributed by atoms with Gasteiger partial charge in [-0.05, 0) is 36.4 Å². The molecule has 2 aromatic rings. The van der Waals surface area contributed by atoms with Crippen LogP contribution in [0.5, 0.6) is 0 Å². The van der Waals surface area contributed by atoms with Crippen LogP contribution in [0.2, 0.25) is 0 Å². The van der Waals surface area contributed by atoms with Gasteiger partial charge in [-0.2, -0.15) is 0 Å². The number of hydrogen-bond acceptors (Lipinski definition) is 7. The molecule has 0 aliphatic carbocycles. The maximum atomic E-state index is 13.2. The molecule has 1 amide bonds. The minimum Gasteiger partial charge on any atom is -0.299 e. The van der Waals surface area contributed by atoms with Crippen LogP contribution in [0.15, 0.2) is 28.6 Å². The van der Waals surface area contributed by atoms with Crippen LogP contribution in [0.1, 0.15) is 20.3 Å². The molecule has 0 saturated heterocycles. The number of sulfonamides is 1. The first-order valence-corrected chi connectivity index (χ1v) is 11.4. The number of carbonyl (C=O) groups is 1. The molecule has 1 aromatic carbocycles. The molecule has 11 heteroatoms. The average Bonchev–Trinajstić information content (AvgIpc) is 3.00. The van der Waals surface area contributed by atoms with E-state index in [-0.39, 0.29) is 12.1 Å². The summed E-state index contributed by atoms with van der Waals surface area (Å²) in [4.78, 5) is 12.7. The molecule has 7 nitrogen and oxygen atoms in total. The van der Waals surface area contributed by atoms with Gasteiger partial charge in [0, 0.05) is 0 Å². The normalized spacial score (nSPS) is 12.6. The van der Waals surface area contributed by atoms with Crippen molar-refractivity contribution in [3.63, 3.8) is 0 Å². The summed E-state index contributed by atoms with van der Waals surface area (Å²) in [5.74, 6) is -0.187. The summed E-state index contributed by atoms with van der Waals surface area (Å²) < 4.78 is 39.5. The summed E-state index contributed by atoms with van der Waals surface area (Å²) >= 11 is 2.72. The minimum atomic E-state index is -3.77. The van der Waals surface area contributed by atoms with Gasteiger partial charge in [-0.25, -0.2) is 12.8 Å². The first-order chi connectivity index (χ1) is 12.3. The van der Waals surface area contributed by atoms with Crippen LogP contribution in [0.4, 0.5) is 15.2 Å². The van der Waals surface area contributed by atoms with E-state index in [9.17, 15) is 17.6 Å². The zero-order valence-electron chi connectivity index (χ0n) is 14.5. The second-order valence-corrected chi connectivity index (χ2v) is 9.60. The molecule has 0 radical (unpaired) electrons. The van der Waals surface area contributed by atoms with Gasteiger partial charge in [0.05, 0.1) is 11.9 Å². The SMILES string of the molecule is CCSc1nnc(NC(=O)[C@H](CC)N(c2ccc(F)cc2)S(C)(=O)=O)s1. The molecule has 0 unspecified atom stereocenters. The number of benzene rings is 1. The lowest BCUT2D eigenvalue weighted by Gasteiger charge is -2.29. The number of carbonyl (C=O) groups excluding carboxylic acids is 1. The van der Waals surface area contributed by atoms with Crippen LogP contribution in [-0.4, -0.2) is 42.6 Å². The van der Waals surface area contributed by atoms with E-state index in [1.54, 1.807) is 6.92 Å². The van der Waals surface area contributed by atoms with Crippen molar-refractivity contribution in [3.8, 4) is 0 Å². The van der Waals surface area contributed by atoms with Crippen LogP contribution < -0.4 is 9.62 Å². The topological polar surface area (TPSA) is 92.3 Å². The van der Waals surface area contributed by atoms with E-state index in [4.69, 9.17) is 0 Å². The monoisotopic (exact) mass is 418 g/mol. The van der Waals surface area contributed by atoms with Crippen molar-refractivity contribution in [1.29, 1.82) is 0 Å². The Morgan fingerprint density at radius 2 is 1.96 bits per heavy atom. The Bertz CT molecular complexity index is 855. The summed E-state index contributed by atoms with van der Waals surface area (Å²) in [7, 11) is -3.77. The van der Waals surface area contributed by atoms with Crippen LogP contribution in [-0.2, 0) is 14.8 Å². The quantitative estimate of drug-likeness (QED) is 0.523. The number of rotatable bonds is 8. The Hall–Kier alpha value is -1.72. The van der Waals surface area contributed by atoms with E-state index in [2.05, 4.69) is 15.5 Å². The smallest absolute Gasteiger partial charge is 0.250 e. The first-order valence-electron chi connectivity index (χ1n) is 7.78. The fourth-order valence-corrected chi connectivity index (χ4v) is 5.14. The summed E-state index contributed by atoms with van der Waals surface area (Å²) in [5.41, 5.74) is 0.218. The van der Waals surface area contributed by atoms with Crippen molar-refractivity contribution in [2.24, 2.45) is 0 Å². The van der Waals surface area contributed by atoms with E-state index in [0.29, 0.717) is 9.47 Å². The zero-order valence-corrected chi connectivity index (χ0v) is 16.9. The highest BCUT2D eigenvalue weighted by atomic mass is 32.2. The number of halogens is 1. The van der Waals surface area contributed by atoms with Gasteiger partial charge in [-0.3, -0.25) is 14.4 Å². The van der Waals surface area contributed by atoms with E-state index in [1.807, 2.05) is 6.92 Å². The Morgan fingerprint density at radius 3 is 2.50 bits per heavy atom. The van der Waals surface area contributed by atoms with Gasteiger partial charge in [0.25, 0.3) is 0 Å². The molecule has 142 valence electrons. The lowest BCUT2D eigenvalue weighted by molar-refractivity contribution is -0.117. The molecule has 0 saturated carbocycles. The lowest BCUT2D eigenvalue weighted by Crippen LogP contribution is -2.47. The number of aromatic nitrogens is 2. The number of nitrogens with zero attached hydrogens (tertiary/aromatic N) is 3. The molecular weight excluding hydrogens is 399 g/mol. The Balaban J connectivity index is 2.28. The molecule has 0 spiro atoms. The van der Waals surface area contributed by atoms with Gasteiger partial charge < -0.3 is 0 Å². The van der Waals surface area contributed by atoms with Gasteiger partial charge in [-0.1, -0.05) is 36.9 Å². The zero-order chi connectivity index (χ0) is 19.3. The van der Waals surface area contributed by atoms with Gasteiger partial charge >= 0.3 is 0 Å². The second kappa shape index (κ2) is 8.78. The Kier molecular flexibility index (Phi) is 6.95. The number of hydrogen-bond donors (Lipinski definition) is 1. The average molecular weight is 419 g/mol. The third-order valence-corrected chi connectivity index (χ3v) is 6.35. The van der Waals surface area contributed by atoms with Crippen LogP contribution >= 0.6 is 23.1 Å². The van der Waals surface area contributed by atoms with Crippen molar-refractivity contribution >= 4 is 49.8 Å². The molecule has 1 heterocycles. The maximum absolute atomic E-state index is 13.2. The standard InChI is InChI=1S/C15H19FN4O3S3/c1-4-12(13(21)17-14-18-19-15(25-14)24-5-2)20(26(3,22)23)11-8-6-10(16)7-9-11/h6-9,12H,4-5H2,1-3H3,(H,17,18,21)/t12-/m0/s1. The van der Waals surface area contributed by atoms with Crippen LogP contribution in [0.3, 0.4) is 0 Å². The van der Waals surface area contributed by atoms with E-state index < -0.39 is 27.8 Å². The summed E-state index contributed by atoms with van der Waals surface area (Å²) in [5, 5.41) is 10.8. The minimum absolute atomic E-state index is 0.218. The highest BCUT2D eigenvalue weighted by Gasteiger charge is 2.32. The molecule has 0 bridgehead atoms. The number of amides is 1.